The largest absolute Gasteiger partial charge is 0.480 e. The van der Waals surface area contributed by atoms with Gasteiger partial charge in [0.2, 0.25) is 0 Å². The molecule has 92 valence electrons. The van der Waals surface area contributed by atoms with Crippen molar-refractivity contribution < 1.29 is 19.4 Å². The van der Waals surface area contributed by atoms with Crippen LogP contribution in [-0.2, 0) is 9.53 Å². The molecule has 1 aliphatic heterocycles. The van der Waals surface area contributed by atoms with E-state index >= 15 is 0 Å². The van der Waals surface area contributed by atoms with Crippen LogP contribution < -0.4 is 16.4 Å². The van der Waals surface area contributed by atoms with Crippen molar-refractivity contribution >= 4 is 12.0 Å². The third-order valence-electron chi connectivity index (χ3n) is 2.36. The standard InChI is InChI=1S/C9H17N3O4/c10-7(8(13)14)5-11-9(15)12-6-1-3-16-4-2-6/h6-7H,1-5,10H2,(H,13,14)(H2,11,12,15)/t7-/m0/s1. The fraction of sp³-hybridized carbons (Fsp3) is 0.778. The molecule has 7 nitrogen and oxygen atoms in total. The van der Waals surface area contributed by atoms with Crippen molar-refractivity contribution in [1.29, 1.82) is 0 Å². The van der Waals surface area contributed by atoms with Crippen LogP contribution >= 0.6 is 0 Å². The molecule has 1 fully saturated rings. The lowest BCUT2D eigenvalue weighted by atomic mass is 10.1. The number of aliphatic carboxylic acids is 1. The van der Waals surface area contributed by atoms with Gasteiger partial charge in [0.25, 0.3) is 0 Å². The van der Waals surface area contributed by atoms with Crippen molar-refractivity contribution in [2.24, 2.45) is 5.73 Å². The molecule has 0 unspecified atom stereocenters. The summed E-state index contributed by atoms with van der Waals surface area (Å²) in [5.41, 5.74) is 5.24. The maximum Gasteiger partial charge on any atom is 0.322 e. The van der Waals surface area contributed by atoms with Gasteiger partial charge in [0.15, 0.2) is 0 Å². The minimum atomic E-state index is -1.13. The van der Waals surface area contributed by atoms with Crippen LogP contribution in [0.2, 0.25) is 0 Å². The molecule has 0 aliphatic carbocycles. The highest BCUT2D eigenvalue weighted by atomic mass is 16.5. The number of nitrogens with two attached hydrogens (primary N) is 1. The summed E-state index contributed by atoms with van der Waals surface area (Å²) in [6, 6.07) is -1.36. The molecule has 0 bridgehead atoms. The van der Waals surface area contributed by atoms with Crippen LogP contribution in [0, 0.1) is 0 Å². The number of carboxylic acid groups (broad SMARTS) is 1. The second-order valence-electron chi connectivity index (χ2n) is 3.69. The van der Waals surface area contributed by atoms with Crippen LogP contribution in [0.5, 0.6) is 0 Å². The summed E-state index contributed by atoms with van der Waals surface area (Å²) in [6.07, 6.45) is 1.55. The van der Waals surface area contributed by atoms with E-state index in [0.29, 0.717) is 13.2 Å². The lowest BCUT2D eigenvalue weighted by Crippen LogP contribution is -2.49. The molecule has 7 heteroatoms. The van der Waals surface area contributed by atoms with Crippen molar-refractivity contribution in [3.8, 4) is 0 Å². The van der Waals surface area contributed by atoms with Gasteiger partial charge in [0.1, 0.15) is 6.04 Å². The van der Waals surface area contributed by atoms with Crippen LogP contribution in [0.4, 0.5) is 4.79 Å². The molecule has 0 aromatic heterocycles. The van der Waals surface area contributed by atoms with E-state index in [2.05, 4.69) is 10.6 Å². The smallest absolute Gasteiger partial charge is 0.322 e. The van der Waals surface area contributed by atoms with Gasteiger partial charge >= 0.3 is 12.0 Å². The van der Waals surface area contributed by atoms with Gasteiger partial charge in [0.05, 0.1) is 0 Å². The van der Waals surface area contributed by atoms with Gasteiger partial charge in [0, 0.05) is 25.8 Å². The second-order valence-corrected chi connectivity index (χ2v) is 3.69. The van der Waals surface area contributed by atoms with E-state index in [0.717, 1.165) is 12.8 Å². The number of rotatable bonds is 4. The monoisotopic (exact) mass is 231 g/mol. The number of urea groups is 1. The van der Waals surface area contributed by atoms with Gasteiger partial charge in [-0.25, -0.2) is 4.79 Å². The third kappa shape index (κ3) is 4.45. The lowest BCUT2D eigenvalue weighted by molar-refractivity contribution is -0.138. The molecule has 1 heterocycles. The summed E-state index contributed by atoms with van der Waals surface area (Å²) in [6.45, 7) is 1.20. The van der Waals surface area contributed by atoms with Gasteiger partial charge in [-0.05, 0) is 12.8 Å². The number of amides is 2. The van der Waals surface area contributed by atoms with Crippen LogP contribution in [0.3, 0.4) is 0 Å². The van der Waals surface area contributed by atoms with Gasteiger partial charge in [-0.3, -0.25) is 4.79 Å². The number of hydrogen-bond donors (Lipinski definition) is 4. The molecule has 1 saturated heterocycles. The minimum Gasteiger partial charge on any atom is -0.480 e. The van der Waals surface area contributed by atoms with Crippen molar-refractivity contribution in [2.45, 2.75) is 24.9 Å². The summed E-state index contributed by atoms with van der Waals surface area (Å²) < 4.78 is 5.14. The topological polar surface area (TPSA) is 114 Å². The lowest BCUT2D eigenvalue weighted by Gasteiger charge is -2.23. The Hall–Kier alpha value is -1.34. The normalized spacial score (nSPS) is 18.8. The molecule has 1 aliphatic rings. The molecular weight excluding hydrogens is 214 g/mol. The van der Waals surface area contributed by atoms with Gasteiger partial charge in [-0.2, -0.15) is 0 Å². The molecule has 5 N–H and O–H groups in total. The molecule has 2 amide bonds. The third-order valence-corrected chi connectivity index (χ3v) is 2.36. The van der Waals surface area contributed by atoms with Crippen molar-refractivity contribution in [3.05, 3.63) is 0 Å². The first-order valence-corrected chi connectivity index (χ1v) is 5.20. The first kappa shape index (κ1) is 12.7. The molecule has 1 rings (SSSR count). The van der Waals surface area contributed by atoms with E-state index in [9.17, 15) is 9.59 Å². The minimum absolute atomic E-state index is 0.0790. The molecule has 0 saturated carbocycles. The maximum atomic E-state index is 11.3. The Morgan fingerprint density at radius 3 is 2.62 bits per heavy atom. The second kappa shape index (κ2) is 6.29. The molecule has 0 aromatic rings. The highest BCUT2D eigenvalue weighted by Crippen LogP contribution is 2.05. The summed E-state index contributed by atoms with van der Waals surface area (Å²) in [5.74, 6) is -1.13. The van der Waals surface area contributed by atoms with E-state index < -0.39 is 12.0 Å². The quantitative estimate of drug-likeness (QED) is 0.489. The highest BCUT2D eigenvalue weighted by Gasteiger charge is 2.17. The number of hydrogen-bond acceptors (Lipinski definition) is 4. The van der Waals surface area contributed by atoms with Gasteiger partial charge < -0.3 is 26.2 Å². The Kier molecular flexibility index (Phi) is 5.00. The van der Waals surface area contributed by atoms with Gasteiger partial charge in [-0.1, -0.05) is 0 Å². The van der Waals surface area contributed by atoms with Crippen molar-refractivity contribution in [3.63, 3.8) is 0 Å². The summed E-state index contributed by atoms with van der Waals surface area (Å²) in [4.78, 5) is 21.7. The fourth-order valence-electron chi connectivity index (χ4n) is 1.37. The first-order valence-electron chi connectivity index (χ1n) is 5.20. The molecule has 0 spiro atoms. The van der Waals surface area contributed by atoms with Crippen LogP contribution in [0.25, 0.3) is 0 Å². The number of carbonyl (C=O) groups is 2. The Balaban J connectivity index is 2.17. The number of ether oxygens (including phenoxy) is 1. The van der Waals surface area contributed by atoms with E-state index in [-0.39, 0.29) is 18.6 Å². The average molecular weight is 231 g/mol. The fourth-order valence-corrected chi connectivity index (χ4v) is 1.37. The SMILES string of the molecule is N[C@@H](CNC(=O)NC1CCOCC1)C(=O)O. The summed E-state index contributed by atoms with van der Waals surface area (Å²) in [5, 5.41) is 13.7. The van der Waals surface area contributed by atoms with Crippen LogP contribution in [0.15, 0.2) is 0 Å². The molecule has 1 atom stereocenters. The summed E-state index contributed by atoms with van der Waals surface area (Å²) >= 11 is 0. The van der Waals surface area contributed by atoms with E-state index in [1.807, 2.05) is 0 Å². The predicted molar refractivity (Wildman–Crippen MR) is 56.0 cm³/mol. The molecule has 0 radical (unpaired) electrons. The number of carbonyl (C=O) groups excluding carboxylic acids is 1. The van der Waals surface area contributed by atoms with Crippen molar-refractivity contribution in [2.75, 3.05) is 19.8 Å². The van der Waals surface area contributed by atoms with Crippen LogP contribution in [-0.4, -0.2) is 48.9 Å². The zero-order valence-corrected chi connectivity index (χ0v) is 8.94. The number of nitrogens with one attached hydrogen (secondary N) is 2. The first-order chi connectivity index (χ1) is 7.59. The van der Waals surface area contributed by atoms with E-state index in [1.54, 1.807) is 0 Å². The van der Waals surface area contributed by atoms with Gasteiger partial charge in [-0.15, -0.1) is 0 Å². The molecule has 0 aromatic carbocycles. The van der Waals surface area contributed by atoms with Crippen LogP contribution in [0.1, 0.15) is 12.8 Å². The molecular formula is C9H17N3O4. The molecule has 16 heavy (non-hydrogen) atoms. The Bertz CT molecular complexity index is 253. The van der Waals surface area contributed by atoms with E-state index in [1.165, 1.54) is 0 Å². The predicted octanol–water partition coefficient (Wildman–Crippen LogP) is -1.12. The zero-order valence-electron chi connectivity index (χ0n) is 8.94. The van der Waals surface area contributed by atoms with E-state index in [4.69, 9.17) is 15.6 Å². The zero-order chi connectivity index (χ0) is 12.0. The summed E-state index contributed by atoms with van der Waals surface area (Å²) in [7, 11) is 0. The maximum absolute atomic E-state index is 11.3. The van der Waals surface area contributed by atoms with Crippen molar-refractivity contribution in [1.82, 2.24) is 10.6 Å². The Morgan fingerprint density at radius 1 is 1.44 bits per heavy atom. The Labute approximate surface area is 93.3 Å². The number of carboxylic acids is 1. The average Bonchev–Trinajstić information content (AvgIpc) is 2.27. The highest BCUT2D eigenvalue weighted by molar-refractivity contribution is 5.77. The Morgan fingerprint density at radius 2 is 2.06 bits per heavy atom.